The third-order valence-electron chi connectivity index (χ3n) is 3.65. The van der Waals surface area contributed by atoms with E-state index in [2.05, 4.69) is 33.9 Å². The average Bonchev–Trinajstić information content (AvgIpc) is 2.21. The molecule has 0 rings (SSSR count). The van der Waals surface area contributed by atoms with Gasteiger partial charge in [0.05, 0.1) is 0 Å². The fraction of sp³-hybridized carbons (Fsp3) is 1.00. The highest BCUT2D eigenvalue weighted by atomic mass is 28.3. The molecule has 0 saturated heterocycles. The lowest BCUT2D eigenvalue weighted by molar-refractivity contribution is 0.101. The van der Waals surface area contributed by atoms with Gasteiger partial charge < -0.3 is 9.84 Å². The minimum absolute atomic E-state index is 0.317. The minimum atomic E-state index is -0.623. The molecule has 0 aliphatic carbocycles. The molecule has 3 heteroatoms. The zero-order valence-corrected chi connectivity index (χ0v) is 12.9. The zero-order chi connectivity index (χ0) is 12.6. The van der Waals surface area contributed by atoms with Crippen molar-refractivity contribution in [1.82, 2.24) is 0 Å². The van der Waals surface area contributed by atoms with Crippen LogP contribution in [0.3, 0.4) is 0 Å². The normalized spacial score (nSPS) is 14.4. The van der Waals surface area contributed by atoms with Gasteiger partial charge in [0.15, 0.2) is 0 Å². The molecule has 0 aromatic carbocycles. The molecule has 0 amide bonds. The quantitative estimate of drug-likeness (QED) is 0.500. The molecule has 0 radical (unpaired) electrons. The third-order valence-corrected chi connectivity index (χ3v) is 6.94. The van der Waals surface area contributed by atoms with Crippen LogP contribution in [0.4, 0.5) is 0 Å². The molecular formula is C13H30O2Si. The minimum Gasteiger partial charge on any atom is -0.396 e. The highest BCUT2D eigenvalue weighted by Gasteiger charge is 2.23. The van der Waals surface area contributed by atoms with Crippen molar-refractivity contribution >= 4 is 8.80 Å². The number of rotatable bonds is 9. The Labute approximate surface area is 103 Å². The molecule has 98 valence electrons. The summed E-state index contributed by atoms with van der Waals surface area (Å²) < 4.78 is 5.78. The topological polar surface area (TPSA) is 29.5 Å². The predicted octanol–water partition coefficient (Wildman–Crippen LogP) is 3.07. The molecule has 0 unspecified atom stereocenters. The van der Waals surface area contributed by atoms with Crippen LogP contribution >= 0.6 is 0 Å². The zero-order valence-electron chi connectivity index (χ0n) is 11.8. The lowest BCUT2D eigenvalue weighted by Gasteiger charge is -2.28. The van der Waals surface area contributed by atoms with Gasteiger partial charge in [0.25, 0.3) is 0 Å². The molecule has 0 bridgehead atoms. The van der Waals surface area contributed by atoms with E-state index in [1.54, 1.807) is 0 Å². The van der Waals surface area contributed by atoms with Crippen LogP contribution < -0.4 is 0 Å². The molecule has 0 aromatic rings. The Bertz CT molecular complexity index is 169. The summed E-state index contributed by atoms with van der Waals surface area (Å²) in [5.41, 5.74) is 0. The summed E-state index contributed by atoms with van der Waals surface area (Å²) in [5, 5.41) is 9.14. The summed E-state index contributed by atoms with van der Waals surface area (Å²) in [6, 6.07) is 0. The predicted molar refractivity (Wildman–Crippen MR) is 73.8 cm³/mol. The Morgan fingerprint density at radius 3 is 2.38 bits per heavy atom. The number of hydrogen-bond acceptors (Lipinski definition) is 2. The second-order valence-electron chi connectivity index (χ2n) is 5.96. The number of aliphatic hydroxyl groups excluding tert-OH is 1. The standard InChI is InChI=1S/C13H30O2Si/c1-12(7-6-9-14)8-10-15-11-13(2,3)16(4)5/h12,14,16H,6-11H2,1-5H3/t12-/m0/s1. The van der Waals surface area contributed by atoms with Gasteiger partial charge in [-0.2, -0.15) is 0 Å². The summed E-state index contributed by atoms with van der Waals surface area (Å²) in [5.74, 6) is 0.673. The second kappa shape index (κ2) is 8.26. The molecule has 16 heavy (non-hydrogen) atoms. The van der Waals surface area contributed by atoms with Gasteiger partial charge in [0.1, 0.15) is 0 Å². The van der Waals surface area contributed by atoms with Crippen molar-refractivity contribution in [2.45, 2.75) is 58.2 Å². The maximum Gasteiger partial charge on any atom is 0.0490 e. The lowest BCUT2D eigenvalue weighted by Crippen LogP contribution is -2.26. The molecule has 0 heterocycles. The molecule has 0 spiro atoms. The first-order chi connectivity index (χ1) is 7.40. The van der Waals surface area contributed by atoms with Gasteiger partial charge >= 0.3 is 0 Å². The van der Waals surface area contributed by atoms with E-state index in [9.17, 15) is 0 Å². The van der Waals surface area contributed by atoms with Crippen molar-refractivity contribution in [3.05, 3.63) is 0 Å². The number of aliphatic hydroxyl groups is 1. The van der Waals surface area contributed by atoms with Gasteiger partial charge in [-0.1, -0.05) is 33.9 Å². The van der Waals surface area contributed by atoms with Crippen LogP contribution in [0.2, 0.25) is 18.1 Å². The summed E-state index contributed by atoms with van der Waals surface area (Å²) in [6.07, 6.45) is 3.16. The van der Waals surface area contributed by atoms with Crippen LogP contribution in [0, 0.1) is 5.92 Å². The largest absolute Gasteiger partial charge is 0.396 e. The smallest absolute Gasteiger partial charge is 0.0490 e. The fourth-order valence-electron chi connectivity index (χ4n) is 1.37. The molecular weight excluding hydrogens is 216 g/mol. The van der Waals surface area contributed by atoms with Crippen molar-refractivity contribution in [3.8, 4) is 0 Å². The van der Waals surface area contributed by atoms with Crippen molar-refractivity contribution in [2.75, 3.05) is 19.8 Å². The average molecular weight is 246 g/mol. The maximum absolute atomic E-state index is 8.73. The fourth-order valence-corrected chi connectivity index (χ4v) is 1.82. The molecule has 1 N–H and O–H groups in total. The Hall–Kier alpha value is 0.137. The third kappa shape index (κ3) is 7.42. The summed E-state index contributed by atoms with van der Waals surface area (Å²) >= 11 is 0. The Balaban J connectivity index is 3.52. The van der Waals surface area contributed by atoms with Gasteiger partial charge in [0.2, 0.25) is 0 Å². The van der Waals surface area contributed by atoms with Crippen LogP contribution in [0.1, 0.15) is 40.0 Å². The van der Waals surface area contributed by atoms with Crippen molar-refractivity contribution < 1.29 is 9.84 Å². The maximum atomic E-state index is 8.73. The van der Waals surface area contributed by atoms with E-state index >= 15 is 0 Å². The van der Waals surface area contributed by atoms with E-state index in [-0.39, 0.29) is 0 Å². The summed E-state index contributed by atoms with van der Waals surface area (Å²) in [7, 11) is -0.623. The molecule has 0 saturated carbocycles. The Morgan fingerprint density at radius 2 is 1.88 bits per heavy atom. The van der Waals surface area contributed by atoms with Crippen LogP contribution in [0.15, 0.2) is 0 Å². The van der Waals surface area contributed by atoms with Gasteiger partial charge in [-0.25, -0.2) is 0 Å². The van der Waals surface area contributed by atoms with Crippen LogP contribution in [-0.2, 0) is 4.74 Å². The van der Waals surface area contributed by atoms with Crippen molar-refractivity contribution in [2.24, 2.45) is 5.92 Å². The summed E-state index contributed by atoms with van der Waals surface area (Å²) in [4.78, 5) is 0. The molecule has 0 aromatic heterocycles. The highest BCUT2D eigenvalue weighted by molar-refractivity contribution is 6.59. The molecule has 0 aliphatic heterocycles. The molecule has 2 nitrogen and oxygen atoms in total. The number of hydrogen-bond donors (Lipinski definition) is 1. The van der Waals surface area contributed by atoms with E-state index in [1.807, 2.05) is 0 Å². The Morgan fingerprint density at radius 1 is 1.25 bits per heavy atom. The van der Waals surface area contributed by atoms with Gasteiger partial charge in [0, 0.05) is 28.6 Å². The van der Waals surface area contributed by atoms with Crippen LogP contribution in [0.25, 0.3) is 0 Å². The Kier molecular flexibility index (Phi) is 8.33. The first-order valence-corrected chi connectivity index (χ1v) is 9.47. The van der Waals surface area contributed by atoms with E-state index in [1.165, 1.54) is 0 Å². The van der Waals surface area contributed by atoms with E-state index in [0.29, 0.717) is 17.6 Å². The van der Waals surface area contributed by atoms with E-state index in [4.69, 9.17) is 9.84 Å². The van der Waals surface area contributed by atoms with Crippen LogP contribution in [-0.4, -0.2) is 33.7 Å². The van der Waals surface area contributed by atoms with Gasteiger partial charge in [-0.05, 0) is 30.2 Å². The van der Waals surface area contributed by atoms with Gasteiger partial charge in [-0.15, -0.1) is 0 Å². The van der Waals surface area contributed by atoms with E-state index < -0.39 is 8.80 Å². The van der Waals surface area contributed by atoms with Crippen molar-refractivity contribution in [1.29, 1.82) is 0 Å². The molecule has 0 fully saturated rings. The first-order valence-electron chi connectivity index (χ1n) is 6.58. The van der Waals surface area contributed by atoms with Gasteiger partial charge in [-0.3, -0.25) is 0 Å². The molecule has 0 aliphatic rings. The van der Waals surface area contributed by atoms with Crippen LogP contribution in [0.5, 0.6) is 0 Å². The number of ether oxygens (including phenoxy) is 1. The summed E-state index contributed by atoms with van der Waals surface area (Å²) in [6.45, 7) is 13.7. The SMILES string of the molecule is C[C@@H](CCCO)CCOCC(C)(C)[SiH](C)C. The first kappa shape index (κ1) is 16.1. The molecule has 1 atom stereocenters. The second-order valence-corrected chi connectivity index (χ2v) is 9.83. The monoisotopic (exact) mass is 246 g/mol. The van der Waals surface area contributed by atoms with E-state index in [0.717, 1.165) is 32.5 Å². The van der Waals surface area contributed by atoms with Crippen molar-refractivity contribution in [3.63, 3.8) is 0 Å². The lowest BCUT2D eigenvalue weighted by atomic mass is 10.0. The highest BCUT2D eigenvalue weighted by Crippen LogP contribution is 2.28.